The summed E-state index contributed by atoms with van der Waals surface area (Å²) in [7, 11) is 0. The average Bonchev–Trinajstić information content (AvgIpc) is 2.42. The zero-order valence-electron chi connectivity index (χ0n) is 10.6. The van der Waals surface area contributed by atoms with Crippen LogP contribution in [-0.2, 0) is 0 Å². The lowest BCUT2D eigenvalue weighted by Crippen LogP contribution is -2.44. The Balaban J connectivity index is 2.12. The van der Waals surface area contributed by atoms with E-state index < -0.39 is 0 Å². The molecular weight excluding hydrogens is 232 g/mol. The molecule has 1 atom stereocenters. The normalized spacial score (nSPS) is 11.7. The van der Waals surface area contributed by atoms with Crippen molar-refractivity contribution in [1.82, 2.24) is 10.6 Å². The molecule has 5 heteroatoms. The third-order valence-electron chi connectivity index (χ3n) is 2.45. The van der Waals surface area contributed by atoms with Gasteiger partial charge in [-0.15, -0.1) is 0 Å². The number of amides is 2. The molecule has 18 heavy (non-hydrogen) atoms. The Kier molecular flexibility index (Phi) is 6.64. The summed E-state index contributed by atoms with van der Waals surface area (Å²) in [5.74, 6) is 0.779. The van der Waals surface area contributed by atoms with Gasteiger partial charge in [-0.3, -0.25) is 0 Å². The van der Waals surface area contributed by atoms with E-state index in [2.05, 4.69) is 10.6 Å². The largest absolute Gasteiger partial charge is 0.492 e. The topological polar surface area (TPSA) is 70.6 Å². The molecule has 0 bridgehead atoms. The molecule has 0 aromatic heterocycles. The van der Waals surface area contributed by atoms with E-state index >= 15 is 0 Å². The molecular formula is C13H20N2O3. The summed E-state index contributed by atoms with van der Waals surface area (Å²) in [6.07, 6.45) is 0.699. The number of hydrogen-bond acceptors (Lipinski definition) is 3. The fourth-order valence-corrected chi connectivity index (χ4v) is 1.36. The second-order valence-corrected chi connectivity index (χ2v) is 3.85. The zero-order chi connectivity index (χ0) is 13.2. The van der Waals surface area contributed by atoms with Crippen molar-refractivity contribution in [3.8, 4) is 5.75 Å². The summed E-state index contributed by atoms with van der Waals surface area (Å²) in [5, 5.41) is 14.3. The molecule has 0 saturated carbocycles. The SMILES string of the molecule is CCC(CO)NC(=O)NCCOc1ccccc1. The maximum atomic E-state index is 11.4. The predicted molar refractivity (Wildman–Crippen MR) is 69.6 cm³/mol. The number of para-hydroxylation sites is 1. The van der Waals surface area contributed by atoms with E-state index in [1.165, 1.54) is 0 Å². The third-order valence-corrected chi connectivity index (χ3v) is 2.45. The van der Waals surface area contributed by atoms with Crippen molar-refractivity contribution >= 4 is 6.03 Å². The second-order valence-electron chi connectivity index (χ2n) is 3.85. The second kappa shape index (κ2) is 8.36. The molecule has 0 aliphatic rings. The van der Waals surface area contributed by atoms with Crippen LogP contribution in [0.25, 0.3) is 0 Å². The van der Waals surface area contributed by atoms with Crippen LogP contribution in [0.15, 0.2) is 30.3 Å². The highest BCUT2D eigenvalue weighted by atomic mass is 16.5. The highest BCUT2D eigenvalue weighted by Gasteiger charge is 2.07. The van der Waals surface area contributed by atoms with E-state index in [0.717, 1.165) is 5.75 Å². The molecule has 1 aromatic carbocycles. The third kappa shape index (κ3) is 5.54. The van der Waals surface area contributed by atoms with Crippen molar-refractivity contribution < 1.29 is 14.6 Å². The number of hydrogen-bond donors (Lipinski definition) is 3. The van der Waals surface area contributed by atoms with Gasteiger partial charge >= 0.3 is 6.03 Å². The molecule has 1 rings (SSSR count). The molecule has 100 valence electrons. The maximum absolute atomic E-state index is 11.4. The Labute approximate surface area is 107 Å². The van der Waals surface area contributed by atoms with Crippen LogP contribution in [0.4, 0.5) is 4.79 Å². The fraction of sp³-hybridized carbons (Fsp3) is 0.462. The Hall–Kier alpha value is -1.75. The van der Waals surface area contributed by atoms with Crippen molar-refractivity contribution in [1.29, 1.82) is 0 Å². The quantitative estimate of drug-likeness (QED) is 0.637. The van der Waals surface area contributed by atoms with Crippen molar-refractivity contribution in [2.24, 2.45) is 0 Å². The molecule has 3 N–H and O–H groups in total. The van der Waals surface area contributed by atoms with Crippen LogP contribution in [0.3, 0.4) is 0 Å². The Morgan fingerprint density at radius 1 is 1.39 bits per heavy atom. The van der Waals surface area contributed by atoms with Crippen molar-refractivity contribution in [3.63, 3.8) is 0 Å². The Morgan fingerprint density at radius 3 is 2.72 bits per heavy atom. The van der Waals surface area contributed by atoms with Gasteiger partial charge in [0.15, 0.2) is 0 Å². The lowest BCUT2D eigenvalue weighted by Gasteiger charge is -2.14. The first-order valence-corrected chi connectivity index (χ1v) is 6.09. The molecule has 5 nitrogen and oxygen atoms in total. The smallest absolute Gasteiger partial charge is 0.315 e. The van der Waals surface area contributed by atoms with E-state index in [-0.39, 0.29) is 18.7 Å². The van der Waals surface area contributed by atoms with E-state index in [1.807, 2.05) is 37.3 Å². The van der Waals surface area contributed by atoms with Gasteiger partial charge in [0, 0.05) is 0 Å². The van der Waals surface area contributed by atoms with Gasteiger partial charge < -0.3 is 20.5 Å². The van der Waals surface area contributed by atoms with Crippen molar-refractivity contribution in [3.05, 3.63) is 30.3 Å². The molecule has 0 spiro atoms. The Bertz CT molecular complexity index is 339. The average molecular weight is 252 g/mol. The molecule has 0 radical (unpaired) electrons. The van der Waals surface area contributed by atoms with E-state index in [0.29, 0.717) is 19.6 Å². The number of urea groups is 1. The highest BCUT2D eigenvalue weighted by Crippen LogP contribution is 2.07. The van der Waals surface area contributed by atoms with E-state index in [1.54, 1.807) is 0 Å². The molecule has 2 amide bonds. The first-order chi connectivity index (χ1) is 8.76. The van der Waals surface area contributed by atoms with Crippen LogP contribution in [0.1, 0.15) is 13.3 Å². The maximum Gasteiger partial charge on any atom is 0.315 e. The van der Waals surface area contributed by atoms with E-state index in [9.17, 15) is 4.79 Å². The summed E-state index contributed by atoms with van der Waals surface area (Å²) >= 11 is 0. The monoisotopic (exact) mass is 252 g/mol. The minimum atomic E-state index is -0.285. The number of carbonyl (C=O) groups excluding carboxylic acids is 1. The zero-order valence-corrected chi connectivity index (χ0v) is 10.6. The molecule has 0 heterocycles. The van der Waals surface area contributed by atoms with Gasteiger partial charge in [0.1, 0.15) is 12.4 Å². The van der Waals surface area contributed by atoms with Gasteiger partial charge in [-0.1, -0.05) is 25.1 Å². The van der Waals surface area contributed by atoms with E-state index in [4.69, 9.17) is 9.84 Å². The lowest BCUT2D eigenvalue weighted by molar-refractivity contribution is 0.212. The molecule has 0 aliphatic carbocycles. The summed E-state index contributed by atoms with van der Waals surface area (Å²) in [6.45, 7) is 2.68. The number of ether oxygens (including phenoxy) is 1. The molecule has 1 aromatic rings. The lowest BCUT2D eigenvalue weighted by atomic mass is 10.2. The summed E-state index contributed by atoms with van der Waals surface area (Å²) in [5.41, 5.74) is 0. The summed E-state index contributed by atoms with van der Waals surface area (Å²) < 4.78 is 5.42. The van der Waals surface area contributed by atoms with Crippen LogP contribution >= 0.6 is 0 Å². The number of aliphatic hydroxyl groups excluding tert-OH is 1. The van der Waals surface area contributed by atoms with Crippen molar-refractivity contribution in [2.45, 2.75) is 19.4 Å². The van der Waals surface area contributed by atoms with Gasteiger partial charge in [-0.2, -0.15) is 0 Å². The highest BCUT2D eigenvalue weighted by molar-refractivity contribution is 5.74. The number of benzene rings is 1. The number of carbonyl (C=O) groups is 1. The number of rotatable bonds is 7. The van der Waals surface area contributed by atoms with Gasteiger partial charge in [0.2, 0.25) is 0 Å². The minimum absolute atomic E-state index is 0.0512. The van der Waals surface area contributed by atoms with Crippen LogP contribution in [0, 0.1) is 0 Å². The summed E-state index contributed by atoms with van der Waals surface area (Å²) in [4.78, 5) is 11.4. The predicted octanol–water partition coefficient (Wildman–Crippen LogP) is 1.14. The first kappa shape index (κ1) is 14.3. The minimum Gasteiger partial charge on any atom is -0.492 e. The van der Waals surface area contributed by atoms with Crippen LogP contribution in [0.5, 0.6) is 5.75 Å². The Morgan fingerprint density at radius 2 is 2.11 bits per heavy atom. The van der Waals surface area contributed by atoms with Crippen LogP contribution in [0.2, 0.25) is 0 Å². The van der Waals surface area contributed by atoms with Gasteiger partial charge in [-0.05, 0) is 18.6 Å². The summed E-state index contributed by atoms with van der Waals surface area (Å²) in [6, 6.07) is 8.94. The molecule has 1 unspecified atom stereocenters. The number of aliphatic hydroxyl groups is 1. The van der Waals surface area contributed by atoms with Crippen molar-refractivity contribution in [2.75, 3.05) is 19.8 Å². The standard InChI is InChI=1S/C13H20N2O3/c1-2-11(10-16)15-13(17)14-8-9-18-12-6-4-3-5-7-12/h3-7,11,16H,2,8-10H2,1H3,(H2,14,15,17). The first-order valence-electron chi connectivity index (χ1n) is 6.09. The van der Waals surface area contributed by atoms with Gasteiger partial charge in [0.05, 0.1) is 19.2 Å². The van der Waals surface area contributed by atoms with Gasteiger partial charge in [0.25, 0.3) is 0 Å². The fourth-order valence-electron chi connectivity index (χ4n) is 1.36. The van der Waals surface area contributed by atoms with Crippen LogP contribution < -0.4 is 15.4 Å². The van der Waals surface area contributed by atoms with Gasteiger partial charge in [-0.25, -0.2) is 4.79 Å². The number of nitrogens with one attached hydrogen (secondary N) is 2. The van der Waals surface area contributed by atoms with Crippen LogP contribution in [-0.4, -0.2) is 36.9 Å². The molecule has 0 aliphatic heterocycles. The molecule has 0 saturated heterocycles. The molecule has 0 fully saturated rings.